The largest absolute Gasteiger partial charge is 0.346 e. The zero-order chi connectivity index (χ0) is 12.1. The number of hydrogen-bond acceptors (Lipinski definition) is 1. The number of allylic oxidation sites excluding steroid dienone is 3. The van der Waals surface area contributed by atoms with Crippen molar-refractivity contribution in [2.24, 2.45) is 0 Å². The van der Waals surface area contributed by atoms with Crippen LogP contribution in [0, 0.1) is 0 Å². The van der Waals surface area contributed by atoms with E-state index in [9.17, 15) is 4.79 Å². The highest BCUT2D eigenvalue weighted by atomic mass is 16.1. The zero-order valence-corrected chi connectivity index (χ0v) is 10.0. The Morgan fingerprint density at radius 1 is 1.35 bits per heavy atom. The molecule has 0 spiro atoms. The normalized spacial score (nSPS) is 18.8. The Morgan fingerprint density at radius 3 is 3.00 bits per heavy atom. The van der Waals surface area contributed by atoms with Crippen LogP contribution in [0.4, 0.5) is 0 Å². The van der Waals surface area contributed by atoms with E-state index in [1.54, 1.807) is 12.2 Å². The number of aryl methyl sites for hydroxylation is 1. The quantitative estimate of drug-likeness (QED) is 0.624. The van der Waals surface area contributed by atoms with Crippen molar-refractivity contribution in [2.75, 3.05) is 0 Å². The van der Waals surface area contributed by atoms with Crippen LogP contribution in [0.1, 0.15) is 30.5 Å². The molecule has 88 valence electrons. The smallest absolute Gasteiger partial charge is 0.244 e. The van der Waals surface area contributed by atoms with Gasteiger partial charge in [-0.2, -0.15) is 0 Å². The molecular formula is C15H17NO. The molecule has 1 unspecified atom stereocenters. The molecule has 2 heteroatoms. The number of amides is 1. The van der Waals surface area contributed by atoms with Crippen LogP contribution in [0.15, 0.2) is 48.6 Å². The standard InChI is InChI=1S/C15H17NO/c1-2-3-4-9-15(17)16-14-11-10-12-7-5-6-8-13(12)14/h2-9,14H,10-11H2,1H3,(H,16,17)/b3-2+,9-4+. The van der Waals surface area contributed by atoms with Crippen LogP contribution in [-0.4, -0.2) is 5.91 Å². The summed E-state index contributed by atoms with van der Waals surface area (Å²) >= 11 is 0. The molecule has 0 aromatic heterocycles. The molecular weight excluding hydrogens is 210 g/mol. The summed E-state index contributed by atoms with van der Waals surface area (Å²) in [6.07, 6.45) is 9.14. The minimum Gasteiger partial charge on any atom is -0.346 e. The van der Waals surface area contributed by atoms with E-state index >= 15 is 0 Å². The van der Waals surface area contributed by atoms with Gasteiger partial charge in [0.05, 0.1) is 6.04 Å². The van der Waals surface area contributed by atoms with E-state index in [1.165, 1.54) is 11.1 Å². The fourth-order valence-corrected chi connectivity index (χ4v) is 2.18. The molecule has 2 rings (SSSR count). The first-order chi connectivity index (χ1) is 8.31. The second-order valence-corrected chi connectivity index (χ2v) is 4.18. The number of nitrogens with one attached hydrogen (secondary N) is 1. The summed E-state index contributed by atoms with van der Waals surface area (Å²) in [5, 5.41) is 3.03. The second kappa shape index (κ2) is 5.48. The summed E-state index contributed by atoms with van der Waals surface area (Å²) in [4.78, 5) is 11.7. The van der Waals surface area contributed by atoms with E-state index in [4.69, 9.17) is 0 Å². The Balaban J connectivity index is 2.00. The first kappa shape index (κ1) is 11.6. The molecule has 1 N–H and O–H groups in total. The van der Waals surface area contributed by atoms with Gasteiger partial charge < -0.3 is 5.32 Å². The summed E-state index contributed by atoms with van der Waals surface area (Å²) in [7, 11) is 0. The van der Waals surface area contributed by atoms with Crippen LogP contribution in [0.5, 0.6) is 0 Å². The lowest BCUT2D eigenvalue weighted by molar-refractivity contribution is -0.117. The first-order valence-electron chi connectivity index (χ1n) is 5.99. The van der Waals surface area contributed by atoms with Crippen LogP contribution >= 0.6 is 0 Å². The Morgan fingerprint density at radius 2 is 2.18 bits per heavy atom. The molecule has 1 aliphatic rings. The van der Waals surface area contributed by atoms with E-state index in [-0.39, 0.29) is 11.9 Å². The topological polar surface area (TPSA) is 29.1 Å². The molecule has 1 aromatic carbocycles. The highest BCUT2D eigenvalue weighted by molar-refractivity contribution is 5.88. The van der Waals surface area contributed by atoms with E-state index < -0.39 is 0 Å². The lowest BCUT2D eigenvalue weighted by atomic mass is 10.1. The zero-order valence-electron chi connectivity index (χ0n) is 10.0. The highest BCUT2D eigenvalue weighted by Gasteiger charge is 2.22. The van der Waals surface area contributed by atoms with E-state index in [1.807, 2.05) is 25.1 Å². The van der Waals surface area contributed by atoms with Crippen LogP contribution in [0.3, 0.4) is 0 Å². The van der Waals surface area contributed by atoms with Crippen LogP contribution in [0.2, 0.25) is 0 Å². The molecule has 0 saturated carbocycles. The van der Waals surface area contributed by atoms with Gasteiger partial charge in [0.1, 0.15) is 0 Å². The summed E-state index contributed by atoms with van der Waals surface area (Å²) in [6.45, 7) is 1.93. The third-order valence-electron chi connectivity index (χ3n) is 3.00. The van der Waals surface area contributed by atoms with Gasteiger partial charge in [0.15, 0.2) is 0 Å². The fourth-order valence-electron chi connectivity index (χ4n) is 2.18. The lowest BCUT2D eigenvalue weighted by Gasteiger charge is -2.12. The molecule has 2 nitrogen and oxygen atoms in total. The number of benzene rings is 1. The summed E-state index contributed by atoms with van der Waals surface area (Å²) < 4.78 is 0. The van der Waals surface area contributed by atoms with Gasteiger partial charge in [-0.1, -0.05) is 42.5 Å². The molecule has 0 saturated heterocycles. The summed E-state index contributed by atoms with van der Waals surface area (Å²) in [5.74, 6) is -0.0233. The summed E-state index contributed by atoms with van der Waals surface area (Å²) in [5.41, 5.74) is 2.62. The maximum atomic E-state index is 11.7. The maximum absolute atomic E-state index is 11.7. The molecule has 0 fully saturated rings. The van der Waals surface area contributed by atoms with Gasteiger partial charge in [-0.25, -0.2) is 0 Å². The monoisotopic (exact) mass is 227 g/mol. The Bertz CT molecular complexity index is 460. The molecule has 0 aliphatic heterocycles. The third-order valence-corrected chi connectivity index (χ3v) is 3.00. The van der Waals surface area contributed by atoms with E-state index in [0.29, 0.717) is 0 Å². The summed E-state index contributed by atoms with van der Waals surface area (Å²) in [6, 6.07) is 8.49. The second-order valence-electron chi connectivity index (χ2n) is 4.18. The van der Waals surface area contributed by atoms with E-state index in [0.717, 1.165) is 12.8 Å². The van der Waals surface area contributed by atoms with Gasteiger partial charge in [-0.3, -0.25) is 4.79 Å². The first-order valence-corrected chi connectivity index (χ1v) is 5.99. The molecule has 17 heavy (non-hydrogen) atoms. The molecule has 0 heterocycles. The van der Waals surface area contributed by atoms with Crippen molar-refractivity contribution in [3.8, 4) is 0 Å². The fraction of sp³-hybridized carbons (Fsp3) is 0.267. The van der Waals surface area contributed by atoms with Crippen LogP contribution in [0.25, 0.3) is 0 Å². The predicted molar refractivity (Wildman–Crippen MR) is 69.6 cm³/mol. The van der Waals surface area contributed by atoms with Crippen molar-refractivity contribution < 1.29 is 4.79 Å². The molecule has 1 amide bonds. The van der Waals surface area contributed by atoms with Crippen molar-refractivity contribution in [1.82, 2.24) is 5.32 Å². The third kappa shape index (κ3) is 2.84. The lowest BCUT2D eigenvalue weighted by Crippen LogP contribution is -2.25. The number of carbonyl (C=O) groups is 1. The van der Waals surface area contributed by atoms with Crippen LogP contribution in [-0.2, 0) is 11.2 Å². The average Bonchev–Trinajstić information content (AvgIpc) is 2.73. The minimum absolute atomic E-state index is 0.0233. The predicted octanol–water partition coefficient (Wildman–Crippen LogP) is 2.92. The Hall–Kier alpha value is -1.83. The van der Waals surface area contributed by atoms with Crippen molar-refractivity contribution >= 4 is 5.91 Å². The molecule has 1 aliphatic carbocycles. The van der Waals surface area contributed by atoms with Gasteiger partial charge in [-0.05, 0) is 30.9 Å². The van der Waals surface area contributed by atoms with Gasteiger partial charge in [0, 0.05) is 6.08 Å². The van der Waals surface area contributed by atoms with Gasteiger partial charge in [-0.15, -0.1) is 0 Å². The number of hydrogen-bond donors (Lipinski definition) is 1. The van der Waals surface area contributed by atoms with Crippen molar-refractivity contribution in [1.29, 1.82) is 0 Å². The van der Waals surface area contributed by atoms with Crippen molar-refractivity contribution in [3.05, 3.63) is 59.7 Å². The molecule has 0 bridgehead atoms. The van der Waals surface area contributed by atoms with Gasteiger partial charge >= 0.3 is 0 Å². The van der Waals surface area contributed by atoms with Crippen molar-refractivity contribution in [2.45, 2.75) is 25.8 Å². The molecule has 0 radical (unpaired) electrons. The Labute approximate surface area is 102 Å². The Kier molecular flexibility index (Phi) is 3.76. The average molecular weight is 227 g/mol. The maximum Gasteiger partial charge on any atom is 0.244 e. The molecule has 1 atom stereocenters. The number of fused-ring (bicyclic) bond motifs is 1. The van der Waals surface area contributed by atoms with Crippen LogP contribution < -0.4 is 5.32 Å². The SMILES string of the molecule is C/C=C/C=C/C(=O)NC1CCc2ccccc21. The van der Waals surface area contributed by atoms with Gasteiger partial charge in [0.2, 0.25) is 5.91 Å². The highest BCUT2D eigenvalue weighted by Crippen LogP contribution is 2.30. The minimum atomic E-state index is -0.0233. The molecule has 1 aromatic rings. The number of carbonyl (C=O) groups excluding carboxylic acids is 1. The van der Waals surface area contributed by atoms with Crippen molar-refractivity contribution in [3.63, 3.8) is 0 Å². The van der Waals surface area contributed by atoms with E-state index in [2.05, 4.69) is 23.5 Å². The van der Waals surface area contributed by atoms with Gasteiger partial charge in [0.25, 0.3) is 0 Å². The number of rotatable bonds is 3.